The van der Waals surface area contributed by atoms with E-state index in [0.717, 1.165) is 30.2 Å². The largest absolute Gasteiger partial charge is 0.497 e. The highest BCUT2D eigenvalue weighted by Gasteiger charge is 2.15. The SMILES string of the molecule is COc1ccc(OCC(=O)NCc2cc(C)nc(N3CCOCC3)n2)cc1. The molecule has 2 heterocycles. The van der Waals surface area contributed by atoms with Gasteiger partial charge in [0.15, 0.2) is 6.61 Å². The van der Waals surface area contributed by atoms with Crippen LogP contribution in [0.15, 0.2) is 30.3 Å². The van der Waals surface area contributed by atoms with Crippen molar-refractivity contribution >= 4 is 11.9 Å². The van der Waals surface area contributed by atoms with Crippen LogP contribution in [-0.4, -0.2) is 55.9 Å². The third-order valence-corrected chi connectivity index (χ3v) is 4.09. The normalized spacial score (nSPS) is 13.9. The van der Waals surface area contributed by atoms with Crippen molar-refractivity contribution in [3.8, 4) is 11.5 Å². The number of hydrogen-bond donors (Lipinski definition) is 1. The van der Waals surface area contributed by atoms with Gasteiger partial charge in [-0.05, 0) is 37.3 Å². The molecule has 1 saturated heterocycles. The number of rotatable bonds is 7. The number of benzene rings is 1. The third-order valence-electron chi connectivity index (χ3n) is 4.09. The molecule has 144 valence electrons. The van der Waals surface area contributed by atoms with Gasteiger partial charge in [-0.3, -0.25) is 4.79 Å². The second-order valence-corrected chi connectivity index (χ2v) is 6.14. The monoisotopic (exact) mass is 372 g/mol. The van der Waals surface area contributed by atoms with E-state index >= 15 is 0 Å². The minimum atomic E-state index is -0.213. The predicted molar refractivity (Wildman–Crippen MR) is 100 cm³/mol. The van der Waals surface area contributed by atoms with Crippen LogP contribution in [0, 0.1) is 6.92 Å². The fourth-order valence-corrected chi connectivity index (χ4v) is 2.67. The lowest BCUT2D eigenvalue weighted by molar-refractivity contribution is -0.123. The Labute approximate surface area is 158 Å². The number of hydrogen-bond acceptors (Lipinski definition) is 7. The van der Waals surface area contributed by atoms with Crippen LogP contribution < -0.4 is 19.7 Å². The molecule has 8 nitrogen and oxygen atoms in total. The van der Waals surface area contributed by atoms with Crippen LogP contribution in [0.5, 0.6) is 11.5 Å². The average Bonchev–Trinajstić information content (AvgIpc) is 2.71. The average molecular weight is 372 g/mol. The first kappa shape index (κ1) is 18.9. The molecule has 1 aliphatic heterocycles. The first-order valence-electron chi connectivity index (χ1n) is 8.85. The quantitative estimate of drug-likeness (QED) is 0.785. The maximum absolute atomic E-state index is 12.1. The van der Waals surface area contributed by atoms with Crippen LogP contribution in [0.4, 0.5) is 5.95 Å². The number of nitrogens with one attached hydrogen (secondary N) is 1. The Morgan fingerprint density at radius 1 is 1.19 bits per heavy atom. The standard InChI is InChI=1S/C19H24N4O4/c1-14-11-15(22-19(21-14)23-7-9-26-10-8-23)12-20-18(24)13-27-17-5-3-16(25-2)4-6-17/h3-6,11H,7-10,12-13H2,1-2H3,(H,20,24). The van der Waals surface area contributed by atoms with Crippen molar-refractivity contribution in [3.63, 3.8) is 0 Å². The van der Waals surface area contributed by atoms with E-state index in [1.807, 2.05) is 13.0 Å². The fraction of sp³-hybridized carbons (Fsp3) is 0.421. The van der Waals surface area contributed by atoms with Crippen LogP contribution in [0.2, 0.25) is 0 Å². The van der Waals surface area contributed by atoms with Gasteiger partial charge in [-0.2, -0.15) is 0 Å². The number of carbonyl (C=O) groups is 1. The Balaban J connectivity index is 1.51. The van der Waals surface area contributed by atoms with Crippen LogP contribution in [0.3, 0.4) is 0 Å². The molecule has 0 bridgehead atoms. The Bertz CT molecular complexity index is 761. The van der Waals surface area contributed by atoms with E-state index in [4.69, 9.17) is 14.2 Å². The zero-order chi connectivity index (χ0) is 19.1. The van der Waals surface area contributed by atoms with E-state index in [2.05, 4.69) is 20.2 Å². The molecule has 1 fully saturated rings. The number of nitrogens with zero attached hydrogens (tertiary/aromatic N) is 3. The Morgan fingerprint density at radius 3 is 2.59 bits per heavy atom. The van der Waals surface area contributed by atoms with Gasteiger partial charge in [-0.15, -0.1) is 0 Å². The zero-order valence-corrected chi connectivity index (χ0v) is 15.6. The number of aromatic nitrogens is 2. The molecule has 8 heteroatoms. The Hall–Kier alpha value is -2.87. The highest BCUT2D eigenvalue weighted by Crippen LogP contribution is 2.17. The van der Waals surface area contributed by atoms with Gasteiger partial charge in [0, 0.05) is 18.8 Å². The summed E-state index contributed by atoms with van der Waals surface area (Å²) < 4.78 is 15.9. The molecule has 0 spiro atoms. The van der Waals surface area contributed by atoms with Crippen LogP contribution in [0.25, 0.3) is 0 Å². The lowest BCUT2D eigenvalue weighted by atomic mass is 10.3. The lowest BCUT2D eigenvalue weighted by Crippen LogP contribution is -2.37. The van der Waals surface area contributed by atoms with E-state index in [0.29, 0.717) is 31.5 Å². The smallest absolute Gasteiger partial charge is 0.258 e. The predicted octanol–water partition coefficient (Wildman–Crippen LogP) is 1.33. The van der Waals surface area contributed by atoms with Crippen LogP contribution in [-0.2, 0) is 16.1 Å². The molecular formula is C19H24N4O4. The van der Waals surface area contributed by atoms with Crippen molar-refractivity contribution in [2.75, 3.05) is 44.9 Å². The molecule has 0 saturated carbocycles. The molecule has 0 aliphatic carbocycles. The van der Waals surface area contributed by atoms with Gasteiger partial charge < -0.3 is 24.4 Å². The summed E-state index contributed by atoms with van der Waals surface area (Å²) in [6, 6.07) is 8.95. The van der Waals surface area contributed by atoms with E-state index in [1.54, 1.807) is 31.4 Å². The van der Waals surface area contributed by atoms with Crippen molar-refractivity contribution in [1.82, 2.24) is 15.3 Å². The molecule has 2 aromatic rings. The summed E-state index contributed by atoms with van der Waals surface area (Å²) in [7, 11) is 1.60. The Morgan fingerprint density at radius 2 is 1.89 bits per heavy atom. The number of ether oxygens (including phenoxy) is 3. The molecule has 1 aliphatic rings. The van der Waals surface area contributed by atoms with Crippen molar-refractivity contribution in [2.24, 2.45) is 0 Å². The summed E-state index contributed by atoms with van der Waals surface area (Å²) in [6.45, 7) is 5.07. The molecule has 27 heavy (non-hydrogen) atoms. The lowest BCUT2D eigenvalue weighted by Gasteiger charge is -2.27. The highest BCUT2D eigenvalue weighted by molar-refractivity contribution is 5.77. The third kappa shape index (κ3) is 5.55. The maximum atomic E-state index is 12.1. The summed E-state index contributed by atoms with van der Waals surface area (Å²) in [5.41, 5.74) is 1.63. The van der Waals surface area contributed by atoms with Gasteiger partial charge in [0.25, 0.3) is 5.91 Å². The van der Waals surface area contributed by atoms with Gasteiger partial charge in [0.2, 0.25) is 5.95 Å². The number of amides is 1. The molecule has 1 aromatic carbocycles. The van der Waals surface area contributed by atoms with E-state index in [1.165, 1.54) is 0 Å². The zero-order valence-electron chi connectivity index (χ0n) is 15.6. The molecule has 0 atom stereocenters. The molecule has 1 aromatic heterocycles. The first-order valence-corrected chi connectivity index (χ1v) is 8.85. The summed E-state index contributed by atoms with van der Waals surface area (Å²) >= 11 is 0. The van der Waals surface area contributed by atoms with Gasteiger partial charge in [-0.25, -0.2) is 9.97 Å². The van der Waals surface area contributed by atoms with Crippen molar-refractivity contribution in [1.29, 1.82) is 0 Å². The minimum absolute atomic E-state index is 0.0628. The van der Waals surface area contributed by atoms with Gasteiger partial charge in [-0.1, -0.05) is 0 Å². The van der Waals surface area contributed by atoms with E-state index in [9.17, 15) is 4.79 Å². The highest BCUT2D eigenvalue weighted by atomic mass is 16.5. The fourth-order valence-electron chi connectivity index (χ4n) is 2.67. The van der Waals surface area contributed by atoms with E-state index in [-0.39, 0.29) is 12.5 Å². The maximum Gasteiger partial charge on any atom is 0.258 e. The summed E-state index contributed by atoms with van der Waals surface area (Å²) in [4.78, 5) is 23.2. The van der Waals surface area contributed by atoms with Crippen molar-refractivity contribution in [3.05, 3.63) is 41.7 Å². The molecule has 0 radical (unpaired) electrons. The number of anilines is 1. The number of morpholine rings is 1. The summed E-state index contributed by atoms with van der Waals surface area (Å²) in [5.74, 6) is 1.81. The van der Waals surface area contributed by atoms with Gasteiger partial charge in [0.1, 0.15) is 11.5 Å². The second-order valence-electron chi connectivity index (χ2n) is 6.14. The van der Waals surface area contributed by atoms with Crippen LogP contribution in [0.1, 0.15) is 11.4 Å². The molecule has 3 rings (SSSR count). The number of carbonyl (C=O) groups excluding carboxylic acids is 1. The van der Waals surface area contributed by atoms with Crippen molar-refractivity contribution < 1.29 is 19.0 Å². The minimum Gasteiger partial charge on any atom is -0.497 e. The number of aryl methyl sites for hydroxylation is 1. The Kier molecular flexibility index (Phi) is 6.43. The molecule has 1 N–H and O–H groups in total. The molecule has 0 unspecified atom stereocenters. The molecular weight excluding hydrogens is 348 g/mol. The van der Waals surface area contributed by atoms with Gasteiger partial charge in [0.05, 0.1) is 32.6 Å². The summed E-state index contributed by atoms with van der Waals surface area (Å²) in [5, 5.41) is 2.83. The summed E-state index contributed by atoms with van der Waals surface area (Å²) in [6.07, 6.45) is 0. The second kappa shape index (κ2) is 9.18. The van der Waals surface area contributed by atoms with Crippen LogP contribution >= 0.6 is 0 Å². The van der Waals surface area contributed by atoms with Crippen molar-refractivity contribution in [2.45, 2.75) is 13.5 Å². The first-order chi connectivity index (χ1) is 13.1. The van der Waals surface area contributed by atoms with Gasteiger partial charge >= 0.3 is 0 Å². The topological polar surface area (TPSA) is 85.8 Å². The molecule has 1 amide bonds. The number of methoxy groups -OCH3 is 1. The van der Waals surface area contributed by atoms with E-state index < -0.39 is 0 Å².